The standard InChI is InChI=1S/C14H13NS2/c1-2-4-10(5-3-1)14-15-12(8-17-14)6-11-7-16-9-13(11)15/h1-6,14H,7-9H2/t14-/m1/s1. The van der Waals surface area contributed by atoms with E-state index in [0.29, 0.717) is 5.37 Å². The molecule has 4 rings (SSSR count). The molecule has 2 aliphatic rings. The van der Waals surface area contributed by atoms with Crippen molar-refractivity contribution in [3.8, 4) is 0 Å². The third kappa shape index (κ3) is 1.49. The molecule has 86 valence electrons. The molecule has 17 heavy (non-hydrogen) atoms. The molecule has 1 aromatic heterocycles. The van der Waals surface area contributed by atoms with Crippen molar-refractivity contribution >= 4 is 23.5 Å². The van der Waals surface area contributed by atoms with Crippen molar-refractivity contribution < 1.29 is 0 Å². The van der Waals surface area contributed by atoms with Gasteiger partial charge in [0.15, 0.2) is 0 Å². The fraction of sp³-hybridized carbons (Fsp3) is 0.286. The summed E-state index contributed by atoms with van der Waals surface area (Å²) in [5.41, 5.74) is 6.11. The van der Waals surface area contributed by atoms with Crippen LogP contribution >= 0.6 is 23.5 Å². The Balaban J connectivity index is 1.84. The molecule has 1 nitrogen and oxygen atoms in total. The van der Waals surface area contributed by atoms with E-state index in [0.717, 1.165) is 5.75 Å². The molecular weight excluding hydrogens is 246 g/mol. The van der Waals surface area contributed by atoms with E-state index in [-0.39, 0.29) is 0 Å². The van der Waals surface area contributed by atoms with Gasteiger partial charge in [-0.3, -0.25) is 0 Å². The lowest BCUT2D eigenvalue weighted by atomic mass is 10.2. The first kappa shape index (κ1) is 10.2. The first-order valence-electron chi connectivity index (χ1n) is 5.89. The number of nitrogens with zero attached hydrogens (tertiary/aromatic N) is 1. The van der Waals surface area contributed by atoms with Crippen molar-refractivity contribution in [2.24, 2.45) is 0 Å². The van der Waals surface area contributed by atoms with Gasteiger partial charge in [0.1, 0.15) is 5.37 Å². The summed E-state index contributed by atoms with van der Waals surface area (Å²) in [6, 6.07) is 13.3. The van der Waals surface area contributed by atoms with E-state index < -0.39 is 0 Å². The van der Waals surface area contributed by atoms with Gasteiger partial charge >= 0.3 is 0 Å². The fourth-order valence-corrected chi connectivity index (χ4v) is 5.13. The van der Waals surface area contributed by atoms with Gasteiger partial charge in [0, 0.05) is 28.6 Å². The van der Waals surface area contributed by atoms with E-state index in [4.69, 9.17) is 0 Å². The minimum atomic E-state index is 0.508. The highest BCUT2D eigenvalue weighted by atomic mass is 32.2. The van der Waals surface area contributed by atoms with Crippen LogP contribution < -0.4 is 0 Å². The number of hydrogen-bond donors (Lipinski definition) is 0. The van der Waals surface area contributed by atoms with Crippen molar-refractivity contribution in [1.29, 1.82) is 0 Å². The van der Waals surface area contributed by atoms with E-state index in [2.05, 4.69) is 52.7 Å². The summed E-state index contributed by atoms with van der Waals surface area (Å²) in [6.45, 7) is 0. The normalized spacial score (nSPS) is 21.5. The summed E-state index contributed by atoms with van der Waals surface area (Å²) in [4.78, 5) is 0. The molecule has 1 aromatic carbocycles. The van der Waals surface area contributed by atoms with Gasteiger partial charge < -0.3 is 4.57 Å². The average molecular weight is 259 g/mol. The smallest absolute Gasteiger partial charge is 0.105 e. The Morgan fingerprint density at radius 2 is 1.94 bits per heavy atom. The number of hydrogen-bond acceptors (Lipinski definition) is 2. The number of rotatable bonds is 1. The molecule has 0 fully saturated rings. The van der Waals surface area contributed by atoms with E-state index in [1.54, 1.807) is 11.3 Å². The van der Waals surface area contributed by atoms with Crippen LogP contribution in [0.4, 0.5) is 0 Å². The molecule has 1 atom stereocenters. The Bertz CT molecular complexity index is 559. The minimum absolute atomic E-state index is 0.508. The zero-order valence-electron chi connectivity index (χ0n) is 9.43. The van der Waals surface area contributed by atoms with Gasteiger partial charge in [0.2, 0.25) is 0 Å². The topological polar surface area (TPSA) is 4.93 Å². The van der Waals surface area contributed by atoms with Crippen molar-refractivity contribution in [3.05, 3.63) is 58.9 Å². The van der Waals surface area contributed by atoms with Gasteiger partial charge in [-0.2, -0.15) is 11.8 Å². The molecule has 3 heteroatoms. The molecule has 2 aliphatic heterocycles. The lowest BCUT2D eigenvalue weighted by Gasteiger charge is -2.15. The molecule has 0 spiro atoms. The van der Waals surface area contributed by atoms with Crippen LogP contribution in [0.2, 0.25) is 0 Å². The van der Waals surface area contributed by atoms with Crippen LogP contribution in [0.5, 0.6) is 0 Å². The highest BCUT2D eigenvalue weighted by Gasteiger charge is 2.30. The number of aromatic nitrogens is 1. The molecular formula is C14H13NS2. The molecule has 0 bridgehead atoms. The Hall–Kier alpha value is -0.800. The van der Waals surface area contributed by atoms with E-state index in [1.807, 2.05) is 11.8 Å². The highest BCUT2D eigenvalue weighted by Crippen LogP contribution is 2.46. The highest BCUT2D eigenvalue weighted by molar-refractivity contribution is 7.99. The average Bonchev–Trinajstić information content (AvgIpc) is 3.00. The van der Waals surface area contributed by atoms with Gasteiger partial charge in [-0.05, 0) is 17.2 Å². The van der Waals surface area contributed by atoms with Gasteiger partial charge in [-0.15, -0.1) is 11.8 Å². The van der Waals surface area contributed by atoms with E-state index in [1.165, 1.54) is 22.8 Å². The van der Waals surface area contributed by atoms with Crippen LogP contribution in [-0.4, -0.2) is 4.57 Å². The van der Waals surface area contributed by atoms with Crippen molar-refractivity contribution in [2.75, 3.05) is 0 Å². The quantitative estimate of drug-likeness (QED) is 0.762. The van der Waals surface area contributed by atoms with Crippen LogP contribution in [0.3, 0.4) is 0 Å². The third-order valence-corrected chi connectivity index (χ3v) is 5.77. The predicted octanol–water partition coefficient (Wildman–Crippen LogP) is 4.03. The van der Waals surface area contributed by atoms with Gasteiger partial charge in [0.25, 0.3) is 0 Å². The molecule has 0 radical (unpaired) electrons. The summed E-state index contributed by atoms with van der Waals surface area (Å²) in [5, 5.41) is 0.508. The summed E-state index contributed by atoms with van der Waals surface area (Å²) in [7, 11) is 0. The summed E-state index contributed by atoms with van der Waals surface area (Å²) in [5.74, 6) is 3.57. The van der Waals surface area contributed by atoms with Gasteiger partial charge in [-0.25, -0.2) is 0 Å². The molecule has 2 aromatic rings. The second kappa shape index (κ2) is 3.85. The van der Waals surface area contributed by atoms with Gasteiger partial charge in [0.05, 0.1) is 0 Å². The maximum atomic E-state index is 2.58. The summed E-state index contributed by atoms with van der Waals surface area (Å²) >= 11 is 4.09. The molecule has 0 saturated heterocycles. The largest absolute Gasteiger partial charge is 0.330 e. The van der Waals surface area contributed by atoms with Crippen LogP contribution in [0, 0.1) is 0 Å². The van der Waals surface area contributed by atoms with E-state index in [9.17, 15) is 0 Å². The minimum Gasteiger partial charge on any atom is -0.330 e. The third-order valence-electron chi connectivity index (χ3n) is 3.52. The lowest BCUT2D eigenvalue weighted by Crippen LogP contribution is -2.06. The molecule has 0 unspecified atom stereocenters. The SMILES string of the molecule is c1ccc([C@H]2SCc3cc4c(n32)CSC4)cc1. The summed E-state index contributed by atoms with van der Waals surface area (Å²) in [6.07, 6.45) is 0. The first-order chi connectivity index (χ1) is 8.43. The molecule has 0 N–H and O–H groups in total. The number of thioether (sulfide) groups is 2. The van der Waals surface area contributed by atoms with Crippen molar-refractivity contribution in [2.45, 2.75) is 22.6 Å². The maximum Gasteiger partial charge on any atom is 0.105 e. The van der Waals surface area contributed by atoms with Crippen LogP contribution in [-0.2, 0) is 17.3 Å². The first-order valence-corrected chi connectivity index (χ1v) is 8.10. The van der Waals surface area contributed by atoms with Crippen LogP contribution in [0.15, 0.2) is 36.4 Å². The Labute approximate surface area is 110 Å². The van der Waals surface area contributed by atoms with Crippen LogP contribution in [0.25, 0.3) is 0 Å². The number of benzene rings is 1. The molecule has 0 amide bonds. The van der Waals surface area contributed by atoms with Crippen molar-refractivity contribution in [3.63, 3.8) is 0 Å². The van der Waals surface area contributed by atoms with E-state index >= 15 is 0 Å². The van der Waals surface area contributed by atoms with Crippen molar-refractivity contribution in [1.82, 2.24) is 4.57 Å². The Kier molecular flexibility index (Phi) is 2.30. The second-order valence-electron chi connectivity index (χ2n) is 4.54. The molecule has 3 heterocycles. The van der Waals surface area contributed by atoms with Crippen LogP contribution in [0.1, 0.15) is 27.9 Å². The monoisotopic (exact) mass is 259 g/mol. The lowest BCUT2D eigenvalue weighted by molar-refractivity contribution is 0.750. The van der Waals surface area contributed by atoms with Gasteiger partial charge in [-0.1, -0.05) is 30.3 Å². The summed E-state index contributed by atoms with van der Waals surface area (Å²) < 4.78 is 2.58. The zero-order valence-corrected chi connectivity index (χ0v) is 11.1. The maximum absolute atomic E-state index is 2.58. The molecule has 0 saturated carbocycles. The Morgan fingerprint density at radius 3 is 2.82 bits per heavy atom. The Morgan fingerprint density at radius 1 is 1.06 bits per heavy atom. The zero-order chi connectivity index (χ0) is 11.2. The predicted molar refractivity (Wildman–Crippen MR) is 75.3 cm³/mol. The second-order valence-corrected chi connectivity index (χ2v) is 6.60. The molecule has 0 aliphatic carbocycles. The fourth-order valence-electron chi connectivity index (χ4n) is 2.73. The number of fused-ring (bicyclic) bond motifs is 3.